The number of hydrogen-bond acceptors (Lipinski definition) is 5. The molecule has 3 rings (SSSR count). The van der Waals surface area contributed by atoms with Gasteiger partial charge in [0, 0.05) is 13.0 Å². The second-order valence-electron chi connectivity index (χ2n) is 7.15. The Morgan fingerprint density at radius 2 is 1.86 bits per heavy atom. The molecule has 2 fully saturated rings. The Hall–Kier alpha value is -2.77. The van der Waals surface area contributed by atoms with E-state index in [2.05, 4.69) is 10.6 Å². The lowest BCUT2D eigenvalue weighted by Gasteiger charge is -2.19. The summed E-state index contributed by atoms with van der Waals surface area (Å²) in [4.78, 5) is 37.8. The molecule has 1 saturated carbocycles. The molecule has 8 heteroatoms. The zero-order valence-corrected chi connectivity index (χ0v) is 16.2. The van der Waals surface area contributed by atoms with Crippen LogP contribution in [0.4, 0.5) is 4.79 Å². The van der Waals surface area contributed by atoms with Crippen LogP contribution in [-0.4, -0.2) is 55.1 Å². The fourth-order valence-electron chi connectivity index (χ4n) is 3.71. The number of methoxy groups -OCH3 is 1. The molecule has 152 valence electrons. The minimum Gasteiger partial charge on any atom is -0.497 e. The van der Waals surface area contributed by atoms with Crippen LogP contribution in [0.15, 0.2) is 24.3 Å². The average Bonchev–Trinajstić information content (AvgIpc) is 3.26. The number of nitrogens with one attached hydrogen (secondary N) is 2. The van der Waals surface area contributed by atoms with Crippen molar-refractivity contribution >= 4 is 17.8 Å². The van der Waals surface area contributed by atoms with Crippen molar-refractivity contribution in [1.82, 2.24) is 15.5 Å². The molecule has 2 N–H and O–H groups in total. The van der Waals surface area contributed by atoms with Gasteiger partial charge in [-0.15, -0.1) is 0 Å². The Balaban J connectivity index is 1.31. The number of imide groups is 1. The first-order chi connectivity index (χ1) is 13.5. The number of benzene rings is 1. The molecule has 1 aliphatic carbocycles. The van der Waals surface area contributed by atoms with Crippen molar-refractivity contribution < 1.29 is 23.9 Å². The molecule has 1 saturated heterocycles. The summed E-state index contributed by atoms with van der Waals surface area (Å²) < 4.78 is 10.6. The predicted octanol–water partition coefficient (Wildman–Crippen LogP) is 1.83. The molecule has 2 aliphatic rings. The van der Waals surface area contributed by atoms with Crippen LogP contribution in [-0.2, 0) is 9.59 Å². The van der Waals surface area contributed by atoms with Gasteiger partial charge < -0.3 is 20.1 Å². The van der Waals surface area contributed by atoms with Gasteiger partial charge in [-0.2, -0.15) is 0 Å². The Bertz CT molecular complexity index is 713. The number of amides is 4. The number of nitrogens with zero attached hydrogens (tertiary/aromatic N) is 1. The Labute approximate surface area is 164 Å². The lowest BCUT2D eigenvalue weighted by molar-refractivity contribution is -0.131. The summed E-state index contributed by atoms with van der Waals surface area (Å²) in [6.45, 7) is 1.01. The molecule has 0 aromatic heterocycles. The highest BCUT2D eigenvalue weighted by atomic mass is 16.5. The molecule has 1 aromatic rings. The first kappa shape index (κ1) is 20.0. The summed E-state index contributed by atoms with van der Waals surface area (Å²) in [6.07, 6.45) is 4.04. The highest BCUT2D eigenvalue weighted by molar-refractivity contribution is 6.07. The van der Waals surface area contributed by atoms with Crippen molar-refractivity contribution in [2.45, 2.75) is 44.1 Å². The maximum atomic E-state index is 12.5. The zero-order valence-electron chi connectivity index (χ0n) is 16.2. The van der Waals surface area contributed by atoms with E-state index in [0.717, 1.165) is 18.6 Å². The number of hydrogen-bond donors (Lipinski definition) is 2. The normalized spacial score (nSPS) is 17.7. The third-order valence-corrected chi connectivity index (χ3v) is 5.24. The molecule has 0 radical (unpaired) electrons. The minimum atomic E-state index is -0.682. The predicted molar refractivity (Wildman–Crippen MR) is 102 cm³/mol. The van der Waals surface area contributed by atoms with Gasteiger partial charge in [0.2, 0.25) is 5.91 Å². The van der Waals surface area contributed by atoms with Gasteiger partial charge in [0.05, 0.1) is 13.7 Å². The molecule has 0 atom stereocenters. The number of carbonyl (C=O) groups excluding carboxylic acids is 3. The summed E-state index contributed by atoms with van der Waals surface area (Å²) in [6, 6.07) is 6.88. The van der Waals surface area contributed by atoms with Crippen LogP contribution in [0.1, 0.15) is 38.5 Å². The monoisotopic (exact) mass is 389 g/mol. The first-order valence-electron chi connectivity index (χ1n) is 9.72. The van der Waals surface area contributed by atoms with E-state index in [4.69, 9.17) is 9.47 Å². The van der Waals surface area contributed by atoms with Gasteiger partial charge in [-0.25, -0.2) is 4.79 Å². The number of carbonyl (C=O) groups is 3. The molecule has 1 heterocycles. The largest absolute Gasteiger partial charge is 0.497 e. The third kappa shape index (κ3) is 4.55. The number of rotatable bonds is 9. The lowest BCUT2D eigenvalue weighted by atomic mass is 9.98. The molecule has 28 heavy (non-hydrogen) atoms. The Morgan fingerprint density at radius 1 is 1.18 bits per heavy atom. The smallest absolute Gasteiger partial charge is 0.325 e. The van der Waals surface area contributed by atoms with E-state index < -0.39 is 5.54 Å². The highest BCUT2D eigenvalue weighted by Gasteiger charge is 2.51. The summed E-state index contributed by atoms with van der Waals surface area (Å²) in [7, 11) is 1.60. The summed E-state index contributed by atoms with van der Waals surface area (Å²) in [5.74, 6) is 1.20. The van der Waals surface area contributed by atoms with Crippen molar-refractivity contribution in [2.24, 2.45) is 0 Å². The van der Waals surface area contributed by atoms with E-state index >= 15 is 0 Å². The first-order valence-corrected chi connectivity index (χ1v) is 9.72. The number of urea groups is 1. The lowest BCUT2D eigenvalue weighted by Crippen LogP contribution is -2.44. The van der Waals surface area contributed by atoms with Crippen molar-refractivity contribution in [2.75, 3.05) is 26.8 Å². The quantitative estimate of drug-likeness (QED) is 0.496. The summed E-state index contributed by atoms with van der Waals surface area (Å²) in [5, 5.41) is 5.62. The van der Waals surface area contributed by atoms with Crippen LogP contribution >= 0.6 is 0 Å². The molecular weight excluding hydrogens is 362 g/mol. The van der Waals surface area contributed by atoms with Gasteiger partial charge in [-0.05, 0) is 43.5 Å². The van der Waals surface area contributed by atoms with Crippen molar-refractivity contribution in [3.05, 3.63) is 24.3 Å². The second-order valence-corrected chi connectivity index (χ2v) is 7.15. The van der Waals surface area contributed by atoms with Gasteiger partial charge in [-0.3, -0.25) is 14.5 Å². The molecule has 8 nitrogen and oxygen atoms in total. The van der Waals surface area contributed by atoms with Crippen LogP contribution in [0, 0.1) is 0 Å². The van der Waals surface area contributed by atoms with E-state index in [9.17, 15) is 14.4 Å². The highest BCUT2D eigenvalue weighted by Crippen LogP contribution is 2.35. The molecule has 1 aliphatic heterocycles. The van der Waals surface area contributed by atoms with E-state index in [1.54, 1.807) is 31.4 Å². The summed E-state index contributed by atoms with van der Waals surface area (Å²) in [5.41, 5.74) is -0.682. The fraction of sp³-hybridized carbons (Fsp3) is 0.550. The van der Waals surface area contributed by atoms with E-state index in [1.807, 2.05) is 0 Å². The zero-order chi connectivity index (χ0) is 20.0. The van der Waals surface area contributed by atoms with Gasteiger partial charge >= 0.3 is 6.03 Å². The fourth-order valence-corrected chi connectivity index (χ4v) is 3.71. The summed E-state index contributed by atoms with van der Waals surface area (Å²) >= 11 is 0. The number of ether oxygens (including phenoxy) is 2. The Morgan fingerprint density at radius 3 is 2.54 bits per heavy atom. The molecule has 0 bridgehead atoms. The minimum absolute atomic E-state index is 0.124. The van der Waals surface area contributed by atoms with E-state index in [-0.39, 0.29) is 30.8 Å². The molecule has 1 spiro atoms. The molecule has 1 aromatic carbocycles. The third-order valence-electron chi connectivity index (χ3n) is 5.24. The van der Waals surface area contributed by atoms with Crippen LogP contribution in [0.2, 0.25) is 0 Å². The van der Waals surface area contributed by atoms with Crippen LogP contribution < -0.4 is 20.1 Å². The van der Waals surface area contributed by atoms with Gasteiger partial charge in [0.15, 0.2) is 0 Å². The van der Waals surface area contributed by atoms with Crippen LogP contribution in [0.25, 0.3) is 0 Å². The second kappa shape index (κ2) is 8.95. The van der Waals surface area contributed by atoms with Crippen molar-refractivity contribution in [1.29, 1.82) is 0 Å². The van der Waals surface area contributed by atoms with Crippen molar-refractivity contribution in [3.63, 3.8) is 0 Å². The topological polar surface area (TPSA) is 97.0 Å². The molecular formula is C20H27N3O5. The molecule has 0 unspecified atom stereocenters. The van der Waals surface area contributed by atoms with Gasteiger partial charge in [-0.1, -0.05) is 12.8 Å². The maximum Gasteiger partial charge on any atom is 0.325 e. The Kier molecular flexibility index (Phi) is 6.38. The van der Waals surface area contributed by atoms with Gasteiger partial charge in [0.25, 0.3) is 5.91 Å². The SMILES string of the molecule is COc1ccc(OCCNC(=O)CCCN2C(=O)NC3(CCCC3)C2=O)cc1. The molecule has 4 amide bonds. The van der Waals surface area contributed by atoms with Gasteiger partial charge in [0.1, 0.15) is 23.6 Å². The van der Waals surface area contributed by atoms with E-state index in [0.29, 0.717) is 38.2 Å². The van der Waals surface area contributed by atoms with Crippen molar-refractivity contribution in [3.8, 4) is 11.5 Å². The van der Waals surface area contributed by atoms with Crippen LogP contribution in [0.5, 0.6) is 11.5 Å². The maximum absolute atomic E-state index is 12.5. The van der Waals surface area contributed by atoms with E-state index in [1.165, 1.54) is 4.90 Å². The standard InChI is InChI=1S/C20H27N3O5/c1-27-15-6-8-16(9-7-15)28-14-12-21-17(24)5-4-13-23-18(25)20(22-19(23)26)10-2-3-11-20/h6-9H,2-5,10-14H2,1H3,(H,21,24)(H,22,26). The average molecular weight is 389 g/mol. The van der Waals surface area contributed by atoms with Crippen LogP contribution in [0.3, 0.4) is 0 Å².